The molecule has 3 aliphatic heterocycles. The molecule has 4 N–H and O–H groups in total. The molecule has 3 heterocycles. The van der Waals surface area contributed by atoms with E-state index < -0.39 is 80.3 Å². The standard InChI is InChI=1S/C34H47FN6O9S/c1-33(2,3)50-31(45)37-26-12-14-36-13-5-4-8-21-16-34(21,30(44)39-51(47,48)23-10-11-23)38-28(42)27-15-22(18-41(27)29(26)43)49-32(46)40-17-20-7-6-9-25(35)24(20)19-40/h6-7,9,21-23,26-27,36H,4-5,8,10-19H2,1-3H3,(H,37,45)(H,38,42)(H,39,44). The first kappa shape index (κ1) is 36.8. The van der Waals surface area contributed by atoms with Crippen LogP contribution in [0.15, 0.2) is 18.2 Å². The first-order valence-corrected chi connectivity index (χ1v) is 19.2. The molecule has 0 bridgehead atoms. The van der Waals surface area contributed by atoms with E-state index in [1.54, 1.807) is 32.9 Å². The fourth-order valence-corrected chi connectivity index (χ4v) is 8.54. The lowest BCUT2D eigenvalue weighted by Crippen LogP contribution is -2.58. The van der Waals surface area contributed by atoms with Crippen LogP contribution >= 0.6 is 0 Å². The largest absolute Gasteiger partial charge is 0.444 e. The number of hydrogen-bond donors (Lipinski definition) is 4. The molecule has 1 aromatic carbocycles. The number of rotatable bonds is 5. The molecule has 2 saturated carbocycles. The smallest absolute Gasteiger partial charge is 0.410 e. The van der Waals surface area contributed by atoms with Crippen molar-refractivity contribution in [1.29, 1.82) is 0 Å². The number of sulfonamides is 1. The van der Waals surface area contributed by atoms with Crippen molar-refractivity contribution in [2.24, 2.45) is 5.92 Å². The summed E-state index contributed by atoms with van der Waals surface area (Å²) in [6, 6.07) is 2.26. The van der Waals surface area contributed by atoms with Gasteiger partial charge in [0.05, 0.1) is 18.3 Å². The van der Waals surface area contributed by atoms with Crippen LogP contribution in [0.2, 0.25) is 0 Å². The Hall–Kier alpha value is -3.99. The Bertz CT molecular complexity index is 1680. The number of alkyl carbamates (subject to hydrolysis) is 1. The van der Waals surface area contributed by atoms with Gasteiger partial charge in [-0.15, -0.1) is 0 Å². The Morgan fingerprint density at radius 3 is 2.51 bits per heavy atom. The summed E-state index contributed by atoms with van der Waals surface area (Å²) in [7, 11) is -3.90. The molecule has 2 aliphatic carbocycles. The zero-order valence-corrected chi connectivity index (χ0v) is 30.0. The molecule has 6 rings (SSSR count). The van der Waals surface area contributed by atoms with Gasteiger partial charge < -0.3 is 30.3 Å². The summed E-state index contributed by atoms with van der Waals surface area (Å²) in [5.74, 6) is -2.88. The first-order chi connectivity index (χ1) is 24.1. The van der Waals surface area contributed by atoms with Crippen LogP contribution in [0.1, 0.15) is 83.3 Å². The second-order valence-electron chi connectivity index (χ2n) is 15.3. The summed E-state index contributed by atoms with van der Waals surface area (Å²) in [5, 5.41) is 8.09. The molecule has 1 aromatic rings. The second kappa shape index (κ2) is 14.2. The van der Waals surface area contributed by atoms with Crippen molar-refractivity contribution in [3.8, 4) is 0 Å². The van der Waals surface area contributed by atoms with Gasteiger partial charge in [0, 0.05) is 18.5 Å². The van der Waals surface area contributed by atoms with E-state index in [1.807, 2.05) is 0 Å². The van der Waals surface area contributed by atoms with Crippen LogP contribution in [0.3, 0.4) is 0 Å². The highest BCUT2D eigenvalue weighted by Crippen LogP contribution is 2.48. The van der Waals surface area contributed by atoms with Crippen molar-refractivity contribution in [1.82, 2.24) is 30.5 Å². The molecule has 5 amide bonds. The van der Waals surface area contributed by atoms with Gasteiger partial charge in [0.25, 0.3) is 5.91 Å². The molecule has 5 unspecified atom stereocenters. The number of benzene rings is 1. The van der Waals surface area contributed by atoms with E-state index in [1.165, 1.54) is 15.9 Å². The molecule has 5 aliphatic rings. The number of fused-ring (bicyclic) bond motifs is 3. The van der Waals surface area contributed by atoms with Gasteiger partial charge in [0.15, 0.2) is 0 Å². The van der Waals surface area contributed by atoms with Gasteiger partial charge in [-0.2, -0.15) is 0 Å². The molecule has 15 nitrogen and oxygen atoms in total. The minimum atomic E-state index is -3.90. The number of nitrogens with zero attached hydrogens (tertiary/aromatic N) is 2. The van der Waals surface area contributed by atoms with Crippen LogP contribution in [0, 0.1) is 11.7 Å². The Morgan fingerprint density at radius 2 is 1.80 bits per heavy atom. The van der Waals surface area contributed by atoms with Crippen molar-refractivity contribution in [3.05, 3.63) is 35.1 Å². The average molecular weight is 735 g/mol. The number of ether oxygens (including phenoxy) is 2. The predicted molar refractivity (Wildman–Crippen MR) is 180 cm³/mol. The Kier molecular flexibility index (Phi) is 10.2. The van der Waals surface area contributed by atoms with Crippen molar-refractivity contribution >= 4 is 39.9 Å². The maximum absolute atomic E-state index is 14.4. The van der Waals surface area contributed by atoms with E-state index in [0.717, 1.165) is 6.42 Å². The second-order valence-corrected chi connectivity index (χ2v) is 17.2. The minimum Gasteiger partial charge on any atom is -0.444 e. The molecule has 2 saturated heterocycles. The third-order valence-corrected chi connectivity index (χ3v) is 11.9. The zero-order valence-electron chi connectivity index (χ0n) is 29.2. The monoisotopic (exact) mass is 734 g/mol. The van der Waals surface area contributed by atoms with E-state index >= 15 is 0 Å². The molecule has 0 spiro atoms. The maximum atomic E-state index is 14.4. The fourth-order valence-electron chi connectivity index (χ4n) is 7.17. The molecule has 17 heteroatoms. The van der Waals surface area contributed by atoms with Gasteiger partial charge in [0.1, 0.15) is 35.1 Å². The van der Waals surface area contributed by atoms with Crippen LogP contribution in [0.25, 0.3) is 0 Å². The van der Waals surface area contributed by atoms with Gasteiger partial charge in [-0.25, -0.2) is 22.4 Å². The molecular formula is C34H47FN6O9S. The van der Waals surface area contributed by atoms with Crippen molar-refractivity contribution in [2.75, 3.05) is 19.6 Å². The van der Waals surface area contributed by atoms with Crippen LogP contribution in [-0.4, -0.2) is 102 Å². The Morgan fingerprint density at radius 1 is 1.04 bits per heavy atom. The highest BCUT2D eigenvalue weighted by atomic mass is 32.2. The summed E-state index contributed by atoms with van der Waals surface area (Å²) >= 11 is 0. The quantitative estimate of drug-likeness (QED) is 0.347. The lowest BCUT2D eigenvalue weighted by Gasteiger charge is -2.30. The number of halogens is 1. The normalized spacial score (nSPS) is 28.6. The number of hydrogen-bond acceptors (Lipinski definition) is 10. The van der Waals surface area contributed by atoms with Crippen LogP contribution in [0.5, 0.6) is 0 Å². The fraction of sp³-hybridized carbons (Fsp3) is 0.676. The Labute approximate surface area is 296 Å². The summed E-state index contributed by atoms with van der Waals surface area (Å²) in [5.41, 5.74) is -1.30. The van der Waals surface area contributed by atoms with E-state index in [9.17, 15) is 36.8 Å². The third-order valence-electron chi connectivity index (χ3n) is 10.1. The van der Waals surface area contributed by atoms with Crippen molar-refractivity contribution in [3.63, 3.8) is 0 Å². The summed E-state index contributed by atoms with van der Waals surface area (Å²) in [6.45, 7) is 5.94. The summed E-state index contributed by atoms with van der Waals surface area (Å²) < 4.78 is 53.3. The Balaban J connectivity index is 1.24. The SMILES string of the molecule is CC(C)(C)OC(=O)NC1CCNCCCCC2CC2(C(=O)NS(=O)(=O)C2CC2)NC(=O)C2CC(OC(=O)N3Cc4cccc(F)c4C3)CN2C1=O. The minimum absolute atomic E-state index is 0.00220. The lowest BCUT2D eigenvalue weighted by molar-refractivity contribution is -0.141. The van der Waals surface area contributed by atoms with Crippen molar-refractivity contribution in [2.45, 2.75) is 120 Å². The molecular weight excluding hydrogens is 687 g/mol. The topological polar surface area (TPSA) is 193 Å². The van der Waals surface area contributed by atoms with Crippen LogP contribution in [-0.2, 0) is 47.0 Å². The lowest BCUT2D eigenvalue weighted by atomic mass is 10.1. The van der Waals surface area contributed by atoms with Gasteiger partial charge >= 0.3 is 12.2 Å². The number of amides is 5. The zero-order chi connectivity index (χ0) is 36.7. The van der Waals surface area contributed by atoms with Gasteiger partial charge in [-0.1, -0.05) is 18.6 Å². The van der Waals surface area contributed by atoms with E-state index in [4.69, 9.17) is 9.47 Å². The maximum Gasteiger partial charge on any atom is 0.410 e. The van der Waals surface area contributed by atoms with E-state index in [2.05, 4.69) is 20.7 Å². The molecule has 0 aromatic heterocycles. The van der Waals surface area contributed by atoms with E-state index in [0.29, 0.717) is 49.9 Å². The highest BCUT2D eigenvalue weighted by Gasteiger charge is 2.62. The third kappa shape index (κ3) is 8.40. The van der Waals surface area contributed by atoms with Crippen molar-refractivity contribution < 1.29 is 46.3 Å². The molecule has 4 fully saturated rings. The van der Waals surface area contributed by atoms with Gasteiger partial charge in [-0.3, -0.25) is 24.0 Å². The molecule has 0 radical (unpaired) electrons. The molecule has 51 heavy (non-hydrogen) atoms. The van der Waals surface area contributed by atoms with Gasteiger partial charge in [-0.05, 0) is 89.9 Å². The highest BCUT2D eigenvalue weighted by molar-refractivity contribution is 7.91. The van der Waals surface area contributed by atoms with Crippen LogP contribution in [0.4, 0.5) is 14.0 Å². The number of nitrogens with one attached hydrogen (secondary N) is 4. The summed E-state index contributed by atoms with van der Waals surface area (Å²) in [6.07, 6.45) is 0.644. The predicted octanol–water partition coefficient (Wildman–Crippen LogP) is 1.79. The number of carbonyl (C=O) groups excluding carboxylic acids is 5. The van der Waals surface area contributed by atoms with Gasteiger partial charge in [0.2, 0.25) is 21.8 Å². The summed E-state index contributed by atoms with van der Waals surface area (Å²) in [4.78, 5) is 70.8. The first-order valence-electron chi connectivity index (χ1n) is 17.7. The molecule has 5 atom stereocenters. The average Bonchev–Trinajstić information content (AvgIpc) is 3.93. The number of carbonyl (C=O) groups is 5. The molecule has 280 valence electrons. The van der Waals surface area contributed by atoms with E-state index in [-0.39, 0.29) is 44.8 Å². The van der Waals surface area contributed by atoms with Crippen LogP contribution < -0.4 is 20.7 Å².